The summed E-state index contributed by atoms with van der Waals surface area (Å²) in [6.45, 7) is 2.14. The number of halogens is 2. The van der Waals surface area contributed by atoms with Crippen molar-refractivity contribution in [1.82, 2.24) is 15.5 Å². The van der Waals surface area contributed by atoms with E-state index in [2.05, 4.69) is 26.7 Å². The predicted molar refractivity (Wildman–Crippen MR) is 131 cm³/mol. The van der Waals surface area contributed by atoms with Gasteiger partial charge in [-0.05, 0) is 25.0 Å². The van der Waals surface area contributed by atoms with Crippen LogP contribution in [0.4, 0.5) is 0 Å². The van der Waals surface area contributed by atoms with E-state index in [0.717, 1.165) is 42.2 Å². The van der Waals surface area contributed by atoms with Crippen LogP contribution in [0, 0.1) is 11.3 Å². The Kier molecular flexibility index (Phi) is 7.40. The maximum absolute atomic E-state index is 11.7. The maximum atomic E-state index is 11.7. The second kappa shape index (κ2) is 10.4. The van der Waals surface area contributed by atoms with Gasteiger partial charge in [0.15, 0.2) is 0 Å². The fourth-order valence-corrected chi connectivity index (χ4v) is 4.89. The Hall–Kier alpha value is -2.47. The molecule has 3 heterocycles. The lowest BCUT2D eigenvalue weighted by Gasteiger charge is -2.22. The molecule has 32 heavy (non-hydrogen) atoms. The monoisotopic (exact) mass is 488 g/mol. The van der Waals surface area contributed by atoms with E-state index in [4.69, 9.17) is 23.2 Å². The maximum Gasteiger partial charge on any atom is 0.222 e. The SMILES string of the molecule is N#C/C(=C1\NC(c2ccc(Cl)c(Cl)c2)=CS1)C1CC=NC(=NCCCN2CCCC2=O)N1. The molecule has 3 aliphatic rings. The van der Waals surface area contributed by atoms with E-state index in [1.54, 1.807) is 18.3 Å². The third-order valence-electron chi connectivity index (χ3n) is 5.36. The summed E-state index contributed by atoms with van der Waals surface area (Å²) in [6, 6.07) is 7.54. The highest BCUT2D eigenvalue weighted by atomic mass is 35.5. The minimum atomic E-state index is -0.215. The molecule has 166 valence electrons. The summed E-state index contributed by atoms with van der Waals surface area (Å²) in [6.07, 6.45) is 4.77. The number of nitrogens with one attached hydrogen (secondary N) is 2. The lowest BCUT2D eigenvalue weighted by atomic mass is 10.1. The Morgan fingerprint density at radius 2 is 2.25 bits per heavy atom. The summed E-state index contributed by atoms with van der Waals surface area (Å²) in [7, 11) is 0. The molecular weight excluding hydrogens is 467 g/mol. The fraction of sp³-hybridized carbons (Fsp3) is 0.364. The third kappa shape index (κ3) is 5.29. The molecule has 4 rings (SSSR count). The molecule has 7 nitrogen and oxygen atoms in total. The summed E-state index contributed by atoms with van der Waals surface area (Å²) in [5.41, 5.74) is 2.37. The van der Waals surface area contributed by atoms with Gasteiger partial charge in [0, 0.05) is 49.7 Å². The number of amides is 1. The first kappa shape index (κ1) is 22.7. The molecule has 3 aliphatic heterocycles. The van der Waals surface area contributed by atoms with Gasteiger partial charge >= 0.3 is 0 Å². The number of rotatable bonds is 6. The average molecular weight is 489 g/mol. The molecule has 1 saturated heterocycles. The molecule has 0 aliphatic carbocycles. The molecule has 1 fully saturated rings. The highest BCUT2D eigenvalue weighted by molar-refractivity contribution is 8.06. The van der Waals surface area contributed by atoms with Gasteiger partial charge < -0.3 is 15.5 Å². The number of nitrogens with zero attached hydrogens (tertiary/aromatic N) is 4. The Balaban J connectivity index is 1.37. The summed E-state index contributed by atoms with van der Waals surface area (Å²) >= 11 is 13.6. The van der Waals surface area contributed by atoms with Crippen LogP contribution in [-0.2, 0) is 4.79 Å². The summed E-state index contributed by atoms with van der Waals surface area (Å²) in [5.74, 6) is 0.746. The van der Waals surface area contributed by atoms with Crippen molar-refractivity contribution in [2.75, 3.05) is 19.6 Å². The van der Waals surface area contributed by atoms with E-state index in [9.17, 15) is 10.1 Å². The van der Waals surface area contributed by atoms with Crippen LogP contribution >= 0.6 is 35.0 Å². The number of likely N-dealkylation sites (tertiary alicyclic amines) is 1. The van der Waals surface area contributed by atoms with E-state index in [0.29, 0.717) is 41.0 Å². The van der Waals surface area contributed by atoms with Crippen molar-refractivity contribution < 1.29 is 4.79 Å². The van der Waals surface area contributed by atoms with Crippen molar-refractivity contribution in [1.29, 1.82) is 5.26 Å². The Bertz CT molecular complexity index is 1070. The van der Waals surface area contributed by atoms with Crippen LogP contribution in [0.3, 0.4) is 0 Å². The molecular formula is C22H22Cl2N6OS. The summed E-state index contributed by atoms with van der Waals surface area (Å²) < 4.78 is 0. The van der Waals surface area contributed by atoms with Gasteiger partial charge in [-0.2, -0.15) is 5.26 Å². The number of hydrogen-bond acceptors (Lipinski definition) is 5. The van der Waals surface area contributed by atoms with E-state index >= 15 is 0 Å². The molecule has 0 spiro atoms. The van der Waals surface area contributed by atoms with Crippen LogP contribution in [0.1, 0.15) is 31.2 Å². The molecule has 0 bridgehead atoms. The normalized spacial score (nSPS) is 23.1. The van der Waals surface area contributed by atoms with Crippen LogP contribution in [0.2, 0.25) is 10.0 Å². The number of thioether (sulfide) groups is 1. The molecule has 0 radical (unpaired) electrons. The van der Waals surface area contributed by atoms with E-state index in [-0.39, 0.29) is 11.9 Å². The van der Waals surface area contributed by atoms with Crippen LogP contribution in [-0.4, -0.2) is 48.7 Å². The van der Waals surface area contributed by atoms with Crippen LogP contribution in [0.15, 0.2) is 44.2 Å². The minimum absolute atomic E-state index is 0.215. The topological polar surface area (TPSA) is 92.9 Å². The third-order valence-corrected chi connectivity index (χ3v) is 7.01. The molecule has 2 N–H and O–H groups in total. The van der Waals surface area contributed by atoms with Crippen molar-refractivity contribution in [3.63, 3.8) is 0 Å². The van der Waals surface area contributed by atoms with Crippen LogP contribution < -0.4 is 10.6 Å². The van der Waals surface area contributed by atoms with Crippen molar-refractivity contribution in [2.24, 2.45) is 9.98 Å². The lowest BCUT2D eigenvalue weighted by Crippen LogP contribution is -2.39. The van der Waals surface area contributed by atoms with E-state index < -0.39 is 0 Å². The van der Waals surface area contributed by atoms with Crippen LogP contribution in [0.25, 0.3) is 5.70 Å². The highest BCUT2D eigenvalue weighted by Gasteiger charge is 2.25. The van der Waals surface area contributed by atoms with Crippen molar-refractivity contribution in [3.05, 3.63) is 49.8 Å². The number of carbonyl (C=O) groups excluding carboxylic acids is 1. The number of aliphatic imine (C=N–C) groups is 2. The van der Waals surface area contributed by atoms with Gasteiger partial charge in [-0.15, -0.1) is 0 Å². The Morgan fingerprint density at radius 3 is 3.00 bits per heavy atom. The second-order valence-electron chi connectivity index (χ2n) is 7.55. The molecule has 1 aromatic carbocycles. The van der Waals surface area contributed by atoms with Gasteiger partial charge in [0.05, 0.1) is 38.5 Å². The largest absolute Gasteiger partial charge is 0.348 e. The smallest absolute Gasteiger partial charge is 0.222 e. The first-order chi connectivity index (χ1) is 15.5. The Labute approximate surface area is 201 Å². The zero-order valence-electron chi connectivity index (χ0n) is 17.3. The molecule has 1 atom stereocenters. The summed E-state index contributed by atoms with van der Waals surface area (Å²) in [4.78, 5) is 22.4. The molecule has 1 unspecified atom stereocenters. The number of hydrogen-bond donors (Lipinski definition) is 2. The number of benzene rings is 1. The number of carbonyl (C=O) groups is 1. The van der Waals surface area contributed by atoms with Crippen molar-refractivity contribution in [3.8, 4) is 6.07 Å². The number of guanidine groups is 1. The van der Waals surface area contributed by atoms with Crippen LogP contribution in [0.5, 0.6) is 0 Å². The molecule has 0 aromatic heterocycles. The molecule has 1 aromatic rings. The highest BCUT2D eigenvalue weighted by Crippen LogP contribution is 2.35. The quantitative estimate of drug-likeness (QED) is 0.463. The van der Waals surface area contributed by atoms with Gasteiger partial charge in [-0.3, -0.25) is 9.79 Å². The number of nitriles is 1. The van der Waals surface area contributed by atoms with Gasteiger partial charge in [-0.1, -0.05) is 41.0 Å². The van der Waals surface area contributed by atoms with Gasteiger partial charge in [0.1, 0.15) is 0 Å². The zero-order chi connectivity index (χ0) is 22.5. The Morgan fingerprint density at radius 1 is 1.38 bits per heavy atom. The predicted octanol–water partition coefficient (Wildman–Crippen LogP) is 4.16. The summed E-state index contributed by atoms with van der Waals surface area (Å²) in [5, 5.41) is 20.1. The van der Waals surface area contributed by atoms with Gasteiger partial charge in [0.25, 0.3) is 0 Å². The van der Waals surface area contributed by atoms with Crippen molar-refractivity contribution in [2.45, 2.75) is 31.7 Å². The molecule has 10 heteroatoms. The van der Waals surface area contributed by atoms with E-state index in [1.165, 1.54) is 11.8 Å². The fourth-order valence-electron chi connectivity index (χ4n) is 3.68. The first-order valence-corrected chi connectivity index (χ1v) is 12.0. The lowest BCUT2D eigenvalue weighted by molar-refractivity contribution is -0.127. The van der Waals surface area contributed by atoms with Crippen molar-refractivity contribution >= 4 is 58.7 Å². The zero-order valence-corrected chi connectivity index (χ0v) is 19.6. The van der Waals surface area contributed by atoms with E-state index in [1.807, 2.05) is 16.4 Å². The standard InChI is InChI=1S/C22H22Cl2N6OS/c23-16-5-4-14(11-17(16)24)19-13-32-21(28-19)15(12-25)18-6-8-27-22(29-18)26-7-2-10-30-9-1-3-20(30)31/h4-5,8,11,13,18,28H,1-3,6-7,9-10H2,(H,26,29)/b21-15-. The van der Waals surface area contributed by atoms with Gasteiger partial charge in [0.2, 0.25) is 11.9 Å². The minimum Gasteiger partial charge on any atom is -0.348 e. The average Bonchev–Trinajstić information content (AvgIpc) is 3.44. The molecule has 1 amide bonds. The molecule has 0 saturated carbocycles. The second-order valence-corrected chi connectivity index (χ2v) is 9.24. The van der Waals surface area contributed by atoms with Gasteiger partial charge in [-0.25, -0.2) is 4.99 Å². The first-order valence-electron chi connectivity index (χ1n) is 10.4.